The number of hydrogen-bond donors (Lipinski definition) is 1. The van der Waals surface area contributed by atoms with Gasteiger partial charge in [0.1, 0.15) is 5.78 Å². The number of rotatable bonds is 4. The van der Waals surface area contributed by atoms with E-state index in [0.717, 1.165) is 32.1 Å². The highest BCUT2D eigenvalue weighted by atomic mass is 16.5. The SMILES string of the molecule is COC(=O)CC[C@@H](C)[C@H]1CC[C@H]2[C@@H]3C(=O)C[C@@H]4C[C@@H](O)CC[C@]4(C)[C@H]3CC[C@]12C. The van der Waals surface area contributed by atoms with Gasteiger partial charge in [-0.05, 0) is 91.8 Å². The van der Waals surface area contributed by atoms with Crippen LogP contribution >= 0.6 is 0 Å². The first-order valence-corrected chi connectivity index (χ1v) is 12.0. The number of aliphatic hydroxyl groups excluding tert-OH is 1. The van der Waals surface area contributed by atoms with E-state index in [1.165, 1.54) is 26.4 Å². The van der Waals surface area contributed by atoms with Crippen LogP contribution in [0, 0.1) is 46.3 Å². The molecule has 0 aromatic heterocycles. The predicted molar refractivity (Wildman–Crippen MR) is 112 cm³/mol. The number of carbonyl (C=O) groups excluding carboxylic acids is 2. The van der Waals surface area contributed by atoms with Gasteiger partial charge >= 0.3 is 5.97 Å². The number of hydrogen-bond acceptors (Lipinski definition) is 4. The van der Waals surface area contributed by atoms with Crippen molar-refractivity contribution in [2.24, 2.45) is 46.3 Å². The fourth-order valence-electron chi connectivity index (χ4n) is 8.53. The summed E-state index contributed by atoms with van der Waals surface area (Å²) in [5.41, 5.74) is 0.456. The Kier molecular flexibility index (Phi) is 5.63. The van der Waals surface area contributed by atoms with Gasteiger partial charge in [-0.15, -0.1) is 0 Å². The van der Waals surface area contributed by atoms with Crippen molar-refractivity contribution >= 4 is 11.8 Å². The van der Waals surface area contributed by atoms with Crippen LogP contribution in [-0.4, -0.2) is 30.1 Å². The van der Waals surface area contributed by atoms with Gasteiger partial charge in [0.25, 0.3) is 0 Å². The van der Waals surface area contributed by atoms with Gasteiger partial charge in [-0.1, -0.05) is 20.8 Å². The third kappa shape index (κ3) is 3.38. The average molecular weight is 405 g/mol. The number of carbonyl (C=O) groups is 2. The van der Waals surface area contributed by atoms with Crippen molar-refractivity contribution in [1.29, 1.82) is 0 Å². The summed E-state index contributed by atoms with van der Waals surface area (Å²) in [5, 5.41) is 10.2. The normalized spacial score (nSPS) is 47.7. The predicted octanol–water partition coefficient (Wildman–Crippen LogP) is 4.77. The molecular formula is C25H40O4. The molecule has 4 heteroatoms. The van der Waals surface area contributed by atoms with E-state index in [1.807, 2.05) is 0 Å². The highest BCUT2D eigenvalue weighted by Gasteiger charge is 2.62. The van der Waals surface area contributed by atoms with Gasteiger partial charge in [0.05, 0.1) is 13.2 Å². The van der Waals surface area contributed by atoms with E-state index < -0.39 is 0 Å². The Morgan fingerprint density at radius 3 is 2.55 bits per heavy atom. The molecule has 0 amide bonds. The molecule has 9 atom stereocenters. The van der Waals surface area contributed by atoms with E-state index in [-0.39, 0.29) is 28.8 Å². The van der Waals surface area contributed by atoms with E-state index in [1.54, 1.807) is 0 Å². The molecule has 0 aliphatic heterocycles. The molecule has 4 nitrogen and oxygen atoms in total. The molecule has 0 radical (unpaired) electrons. The van der Waals surface area contributed by atoms with Crippen LogP contribution in [-0.2, 0) is 14.3 Å². The van der Waals surface area contributed by atoms with Gasteiger partial charge in [-0.2, -0.15) is 0 Å². The van der Waals surface area contributed by atoms with Gasteiger partial charge in [0.2, 0.25) is 0 Å². The zero-order valence-corrected chi connectivity index (χ0v) is 18.8. The van der Waals surface area contributed by atoms with Crippen molar-refractivity contribution in [3.05, 3.63) is 0 Å². The number of methoxy groups -OCH3 is 1. The highest BCUT2D eigenvalue weighted by Crippen LogP contribution is 2.67. The van der Waals surface area contributed by atoms with Crippen LogP contribution in [0.2, 0.25) is 0 Å². The summed E-state index contributed by atoms with van der Waals surface area (Å²) in [6.45, 7) is 7.18. The molecule has 0 aromatic rings. The van der Waals surface area contributed by atoms with Crippen molar-refractivity contribution in [3.63, 3.8) is 0 Å². The Balaban J connectivity index is 1.53. The Morgan fingerprint density at radius 2 is 1.83 bits per heavy atom. The van der Waals surface area contributed by atoms with Gasteiger partial charge in [0.15, 0.2) is 0 Å². The Morgan fingerprint density at radius 1 is 1.14 bits per heavy atom. The van der Waals surface area contributed by atoms with Crippen molar-refractivity contribution in [2.45, 2.75) is 91.1 Å². The van der Waals surface area contributed by atoms with Crippen LogP contribution in [0.5, 0.6) is 0 Å². The van der Waals surface area contributed by atoms with Crippen molar-refractivity contribution in [2.75, 3.05) is 7.11 Å². The van der Waals surface area contributed by atoms with E-state index in [9.17, 15) is 14.7 Å². The zero-order chi connectivity index (χ0) is 21.0. The minimum Gasteiger partial charge on any atom is -0.469 e. The zero-order valence-electron chi connectivity index (χ0n) is 18.8. The van der Waals surface area contributed by atoms with Crippen LogP contribution in [0.4, 0.5) is 0 Å². The molecular weight excluding hydrogens is 364 g/mol. The maximum absolute atomic E-state index is 13.4. The number of Topliss-reactive ketones (excluding diaryl/α,β-unsaturated/α-hetero) is 1. The minimum absolute atomic E-state index is 0.110. The van der Waals surface area contributed by atoms with E-state index in [4.69, 9.17) is 4.74 Å². The number of ether oxygens (including phenoxy) is 1. The highest BCUT2D eigenvalue weighted by molar-refractivity contribution is 5.83. The number of ketones is 1. The van der Waals surface area contributed by atoms with Crippen LogP contribution in [0.15, 0.2) is 0 Å². The molecule has 0 aromatic carbocycles. The molecule has 4 rings (SSSR count). The van der Waals surface area contributed by atoms with Crippen molar-refractivity contribution in [3.8, 4) is 0 Å². The molecule has 0 saturated heterocycles. The quantitative estimate of drug-likeness (QED) is 0.685. The van der Waals surface area contributed by atoms with Crippen LogP contribution in [0.25, 0.3) is 0 Å². The number of esters is 1. The van der Waals surface area contributed by atoms with E-state index in [2.05, 4.69) is 20.8 Å². The van der Waals surface area contributed by atoms with Crippen LogP contribution in [0.3, 0.4) is 0 Å². The first kappa shape index (κ1) is 21.3. The monoisotopic (exact) mass is 404 g/mol. The van der Waals surface area contributed by atoms with Gasteiger partial charge < -0.3 is 9.84 Å². The standard InChI is InChI=1S/C25H40O4/c1-15(5-8-22(28)29-4)18-6-7-19-23-20(10-12-25(18,19)3)24(2)11-9-17(26)13-16(24)14-21(23)27/h15-20,23,26H,5-14H2,1-4H3/t15-,16+,17+,18-,19+,20+,23+,24+,25-/m1/s1. The molecule has 0 heterocycles. The maximum atomic E-state index is 13.4. The lowest BCUT2D eigenvalue weighted by Gasteiger charge is -2.60. The Bertz CT molecular complexity index is 659. The molecule has 164 valence electrons. The smallest absolute Gasteiger partial charge is 0.305 e. The van der Waals surface area contributed by atoms with E-state index in [0.29, 0.717) is 48.2 Å². The molecule has 1 N–H and O–H groups in total. The van der Waals surface area contributed by atoms with Gasteiger partial charge in [0, 0.05) is 18.8 Å². The van der Waals surface area contributed by atoms with Crippen LogP contribution < -0.4 is 0 Å². The number of aliphatic hydroxyl groups is 1. The topological polar surface area (TPSA) is 63.6 Å². The van der Waals surface area contributed by atoms with Gasteiger partial charge in [-0.25, -0.2) is 0 Å². The van der Waals surface area contributed by atoms with Crippen molar-refractivity contribution in [1.82, 2.24) is 0 Å². The molecule has 4 aliphatic rings. The third-order valence-corrected chi connectivity index (χ3v) is 10.2. The third-order valence-electron chi connectivity index (χ3n) is 10.2. The molecule has 0 bridgehead atoms. The Labute approximate surface area is 176 Å². The minimum atomic E-state index is -0.210. The largest absolute Gasteiger partial charge is 0.469 e. The van der Waals surface area contributed by atoms with Gasteiger partial charge in [-0.3, -0.25) is 9.59 Å². The molecule has 4 saturated carbocycles. The summed E-state index contributed by atoms with van der Waals surface area (Å²) in [4.78, 5) is 25.0. The molecule has 29 heavy (non-hydrogen) atoms. The first-order valence-electron chi connectivity index (χ1n) is 12.0. The lowest BCUT2D eigenvalue weighted by Crippen LogP contribution is -2.57. The second-order valence-electron chi connectivity index (χ2n) is 11.4. The summed E-state index contributed by atoms with van der Waals surface area (Å²) in [6.07, 6.45) is 9.40. The summed E-state index contributed by atoms with van der Waals surface area (Å²) in [6, 6.07) is 0. The molecule has 4 aliphatic carbocycles. The molecule has 0 unspecified atom stereocenters. The first-order chi connectivity index (χ1) is 13.7. The lowest BCUT2D eigenvalue weighted by atomic mass is 9.44. The molecule has 4 fully saturated rings. The fourth-order valence-corrected chi connectivity index (χ4v) is 8.53. The summed E-state index contributed by atoms with van der Waals surface area (Å²) < 4.78 is 4.85. The lowest BCUT2D eigenvalue weighted by molar-refractivity contribution is -0.160. The summed E-state index contributed by atoms with van der Waals surface area (Å²) >= 11 is 0. The number of fused-ring (bicyclic) bond motifs is 5. The maximum Gasteiger partial charge on any atom is 0.305 e. The summed E-state index contributed by atoms with van der Waals surface area (Å²) in [7, 11) is 1.47. The second-order valence-corrected chi connectivity index (χ2v) is 11.4. The second kappa shape index (κ2) is 7.66. The van der Waals surface area contributed by atoms with Crippen molar-refractivity contribution < 1.29 is 19.4 Å². The molecule has 0 spiro atoms. The van der Waals surface area contributed by atoms with Crippen LogP contribution in [0.1, 0.15) is 85.0 Å². The van der Waals surface area contributed by atoms with E-state index >= 15 is 0 Å². The summed E-state index contributed by atoms with van der Waals surface area (Å²) in [5.74, 6) is 3.08. The Hall–Kier alpha value is -0.900. The fraction of sp³-hybridized carbons (Fsp3) is 0.920. The average Bonchev–Trinajstić information content (AvgIpc) is 3.04.